The van der Waals surface area contributed by atoms with E-state index in [2.05, 4.69) is 27.9 Å². The summed E-state index contributed by atoms with van der Waals surface area (Å²) >= 11 is 0. The lowest BCUT2D eigenvalue weighted by atomic mass is 10.2. The molecule has 10 nitrogen and oxygen atoms in total. The van der Waals surface area contributed by atoms with Crippen LogP contribution in [0.25, 0.3) is 0 Å². The molecule has 0 fully saturated rings. The normalized spacial score (nSPS) is 19.8. The largest absolute Gasteiger partial charge is 0.759 e. The first-order valence-electron chi connectivity index (χ1n) is 9.85. The fourth-order valence-corrected chi connectivity index (χ4v) is 3.22. The number of hydrogen-bond acceptors (Lipinski definition) is 8. The molecular formula is C18H44N2O8S. The Morgan fingerprint density at radius 3 is 0.862 bits per heavy atom. The molecule has 0 aromatic carbocycles. The average molecular weight is 449 g/mol. The molecule has 0 bridgehead atoms. The van der Waals surface area contributed by atoms with Crippen molar-refractivity contribution in [2.45, 2.75) is 66.0 Å². The van der Waals surface area contributed by atoms with Crippen LogP contribution >= 0.6 is 0 Å². The highest BCUT2D eigenvalue weighted by molar-refractivity contribution is 7.79. The van der Waals surface area contributed by atoms with Crippen molar-refractivity contribution in [2.24, 2.45) is 0 Å². The highest BCUT2D eigenvalue weighted by Gasteiger charge is 2.24. The van der Waals surface area contributed by atoms with Gasteiger partial charge in [0.2, 0.25) is 0 Å². The van der Waals surface area contributed by atoms with E-state index in [0.717, 1.165) is 22.1 Å². The Morgan fingerprint density at radius 1 is 0.655 bits per heavy atom. The van der Waals surface area contributed by atoms with Crippen molar-refractivity contribution in [3.63, 3.8) is 0 Å². The minimum absolute atomic E-state index is 0.298. The Morgan fingerprint density at radius 2 is 0.793 bits per heavy atom. The first kappa shape index (κ1) is 33.3. The minimum Gasteiger partial charge on any atom is -0.759 e. The zero-order valence-corrected chi connectivity index (χ0v) is 20.1. The summed E-state index contributed by atoms with van der Waals surface area (Å²) in [5, 5.41) is 36.9. The van der Waals surface area contributed by atoms with Crippen LogP contribution in [-0.2, 0) is 10.4 Å². The number of quaternary nitrogens is 2. The van der Waals surface area contributed by atoms with Gasteiger partial charge >= 0.3 is 0 Å². The van der Waals surface area contributed by atoms with Crippen molar-refractivity contribution >= 4 is 10.4 Å². The van der Waals surface area contributed by atoms with E-state index >= 15 is 0 Å². The molecule has 0 amide bonds. The molecule has 29 heavy (non-hydrogen) atoms. The van der Waals surface area contributed by atoms with Crippen molar-refractivity contribution in [3.05, 3.63) is 0 Å². The lowest BCUT2D eigenvalue weighted by Crippen LogP contribution is -2.51. The van der Waals surface area contributed by atoms with E-state index in [0.29, 0.717) is 26.2 Å². The maximum atomic E-state index is 9.23. The van der Waals surface area contributed by atoms with Crippen molar-refractivity contribution < 1.29 is 46.9 Å². The molecule has 0 heterocycles. The van der Waals surface area contributed by atoms with E-state index in [-0.39, 0.29) is 24.4 Å². The first-order chi connectivity index (χ1) is 12.8. The summed E-state index contributed by atoms with van der Waals surface area (Å²) in [4.78, 5) is 0. The van der Waals surface area contributed by atoms with E-state index in [9.17, 15) is 20.4 Å². The van der Waals surface area contributed by atoms with Gasteiger partial charge in [0, 0.05) is 10.4 Å². The topological polar surface area (TPSA) is 161 Å². The summed E-state index contributed by atoms with van der Waals surface area (Å²) in [6, 6.07) is 0. The summed E-state index contributed by atoms with van der Waals surface area (Å²) in [6.45, 7) is 16.0. The lowest BCUT2D eigenvalue weighted by Gasteiger charge is -2.35. The van der Waals surface area contributed by atoms with E-state index in [4.69, 9.17) is 17.5 Å². The third-order valence-corrected chi connectivity index (χ3v) is 4.35. The number of hydrogen-bond donors (Lipinski definition) is 4. The predicted molar refractivity (Wildman–Crippen MR) is 110 cm³/mol. The molecule has 0 radical (unpaired) electrons. The maximum absolute atomic E-state index is 9.23. The third kappa shape index (κ3) is 27.6. The van der Waals surface area contributed by atoms with Gasteiger partial charge in [0.1, 0.15) is 50.6 Å². The number of nitrogens with zero attached hydrogens (tertiary/aromatic N) is 2. The molecule has 0 aromatic rings. The molecular weight excluding hydrogens is 404 g/mol. The van der Waals surface area contributed by atoms with Gasteiger partial charge in [0.05, 0.1) is 27.2 Å². The Balaban J connectivity index is -0.000000380. The van der Waals surface area contributed by atoms with Gasteiger partial charge in [-0.2, -0.15) is 0 Å². The lowest BCUT2D eigenvalue weighted by molar-refractivity contribution is -0.913. The van der Waals surface area contributed by atoms with Crippen LogP contribution in [0.3, 0.4) is 0 Å². The van der Waals surface area contributed by atoms with E-state index < -0.39 is 10.4 Å². The summed E-state index contributed by atoms with van der Waals surface area (Å²) < 4.78 is 35.5. The van der Waals surface area contributed by atoms with Gasteiger partial charge in [0.25, 0.3) is 0 Å². The van der Waals surface area contributed by atoms with Crippen LogP contribution in [0.15, 0.2) is 0 Å². The van der Waals surface area contributed by atoms with Gasteiger partial charge < -0.3 is 38.5 Å². The van der Waals surface area contributed by atoms with E-state index in [1.165, 1.54) is 0 Å². The Hall–Kier alpha value is -0.370. The zero-order chi connectivity index (χ0) is 24.1. The molecule has 0 aliphatic carbocycles. The molecule has 0 rings (SSSR count). The highest BCUT2D eigenvalue weighted by atomic mass is 32.3. The zero-order valence-electron chi connectivity index (χ0n) is 19.3. The van der Waals surface area contributed by atoms with Gasteiger partial charge in [-0.25, -0.2) is 0 Å². The molecule has 0 spiro atoms. The second kappa shape index (κ2) is 15.4. The van der Waals surface area contributed by atoms with Crippen molar-refractivity contribution in [3.8, 4) is 0 Å². The summed E-state index contributed by atoms with van der Waals surface area (Å²) in [5.74, 6) is 0. The van der Waals surface area contributed by atoms with Crippen LogP contribution in [0, 0.1) is 0 Å². The summed E-state index contributed by atoms with van der Waals surface area (Å²) in [5.41, 5.74) is 0. The highest BCUT2D eigenvalue weighted by Crippen LogP contribution is 2.06. The second-order valence-corrected chi connectivity index (χ2v) is 9.22. The number of likely N-dealkylation sites (N-methyl/N-ethyl adjacent to an activating group) is 2. The van der Waals surface area contributed by atoms with E-state index in [1.54, 1.807) is 27.7 Å². The molecule has 11 heteroatoms. The molecule has 0 aromatic heterocycles. The van der Waals surface area contributed by atoms with E-state index in [1.807, 2.05) is 0 Å². The SMILES string of the molecule is CC[N+](C)(CC(C)O)CC(C)O.CC[N+](C)(CC(C)O)CC(C)O.O=S(=O)([O-])[O-]. The van der Waals surface area contributed by atoms with Crippen molar-refractivity contribution in [1.29, 1.82) is 0 Å². The average Bonchev–Trinajstić information content (AvgIpc) is 2.42. The molecule has 0 aliphatic heterocycles. The van der Waals surface area contributed by atoms with Gasteiger partial charge in [0.15, 0.2) is 0 Å². The van der Waals surface area contributed by atoms with Gasteiger partial charge in [-0.05, 0) is 41.5 Å². The van der Waals surface area contributed by atoms with Gasteiger partial charge in [-0.15, -0.1) is 0 Å². The fraction of sp³-hybridized carbons (Fsp3) is 1.00. The number of aliphatic hydroxyl groups is 4. The second-order valence-electron chi connectivity index (χ2n) is 8.41. The molecule has 4 unspecified atom stereocenters. The molecule has 180 valence electrons. The van der Waals surface area contributed by atoms with Crippen LogP contribution in [-0.4, -0.2) is 125 Å². The van der Waals surface area contributed by atoms with Crippen LogP contribution in [0.5, 0.6) is 0 Å². The molecule has 4 N–H and O–H groups in total. The summed E-state index contributed by atoms with van der Waals surface area (Å²) in [6.07, 6.45) is -1.19. The maximum Gasteiger partial charge on any atom is 0.105 e. The fourth-order valence-electron chi connectivity index (χ4n) is 3.22. The van der Waals surface area contributed by atoms with Crippen molar-refractivity contribution in [1.82, 2.24) is 0 Å². The Labute approximate surface area is 177 Å². The molecule has 0 aliphatic rings. The monoisotopic (exact) mass is 448 g/mol. The number of rotatable bonds is 10. The van der Waals surface area contributed by atoms with Crippen LogP contribution in [0.4, 0.5) is 0 Å². The Kier molecular flexibility index (Phi) is 17.7. The smallest absolute Gasteiger partial charge is 0.105 e. The molecule has 0 saturated carbocycles. The molecule has 0 saturated heterocycles. The van der Waals surface area contributed by atoms with Crippen molar-refractivity contribution in [2.75, 3.05) is 53.4 Å². The minimum atomic E-state index is -5.17. The quantitative estimate of drug-likeness (QED) is 0.190. The summed E-state index contributed by atoms with van der Waals surface area (Å²) in [7, 11) is -1.06. The standard InChI is InChI=1S/2C9H22NO2.H2O4S/c2*1-5-10(4,6-8(2)11)7-9(3)12;1-5(2,3)4/h2*8-9,11-12H,5-7H2,1-4H3;(H2,1,2,3,4)/q2*+1;/p-2. The first-order valence-corrected chi connectivity index (χ1v) is 11.2. The predicted octanol–water partition coefficient (Wildman–Crippen LogP) is -0.909. The third-order valence-electron chi connectivity index (χ3n) is 4.35. The van der Waals surface area contributed by atoms with Gasteiger partial charge in [-0.1, -0.05) is 0 Å². The van der Waals surface area contributed by atoms with Crippen LogP contribution < -0.4 is 0 Å². The van der Waals surface area contributed by atoms with Gasteiger partial charge in [-0.3, -0.25) is 8.42 Å². The molecule has 4 atom stereocenters. The Bertz CT molecular complexity index is 438. The van der Waals surface area contributed by atoms with Crippen LogP contribution in [0.2, 0.25) is 0 Å². The number of aliphatic hydroxyl groups excluding tert-OH is 4. The van der Waals surface area contributed by atoms with Crippen LogP contribution in [0.1, 0.15) is 41.5 Å².